The molecule has 0 spiro atoms. The maximum absolute atomic E-state index is 13.8. The first-order chi connectivity index (χ1) is 9.61. The summed E-state index contributed by atoms with van der Waals surface area (Å²) in [6, 6.07) is 12.2. The Bertz CT molecular complexity index is 557. The molecule has 2 nitrogen and oxygen atoms in total. The van der Waals surface area contributed by atoms with Crippen molar-refractivity contribution in [2.24, 2.45) is 0 Å². The summed E-state index contributed by atoms with van der Waals surface area (Å²) >= 11 is 0. The Morgan fingerprint density at radius 2 is 1.65 bits per heavy atom. The van der Waals surface area contributed by atoms with E-state index in [0.29, 0.717) is 5.56 Å². The summed E-state index contributed by atoms with van der Waals surface area (Å²) in [7, 11) is 1.71. The van der Waals surface area contributed by atoms with Crippen LogP contribution in [-0.4, -0.2) is 13.7 Å². The van der Waals surface area contributed by atoms with Crippen molar-refractivity contribution < 1.29 is 17.9 Å². The first-order valence-electron chi connectivity index (χ1n) is 6.08. The van der Waals surface area contributed by atoms with Gasteiger partial charge in [0.15, 0.2) is 0 Å². The van der Waals surface area contributed by atoms with Crippen LogP contribution in [0.1, 0.15) is 17.2 Å². The van der Waals surface area contributed by atoms with E-state index in [4.69, 9.17) is 0 Å². The Labute approximate surface area is 115 Å². The summed E-state index contributed by atoms with van der Waals surface area (Å²) in [5.74, 6) is -0.244. The minimum atomic E-state index is -2.85. The van der Waals surface area contributed by atoms with Crippen molar-refractivity contribution in [1.29, 1.82) is 0 Å². The number of ether oxygens (including phenoxy) is 1. The molecule has 1 unspecified atom stereocenters. The SMILES string of the molecule is CNC(c1ccc(OC(F)F)cc1)c1ccccc1F. The predicted molar refractivity (Wildman–Crippen MR) is 70.4 cm³/mol. The zero-order valence-electron chi connectivity index (χ0n) is 10.8. The molecule has 0 aromatic heterocycles. The van der Waals surface area contributed by atoms with Gasteiger partial charge in [-0.2, -0.15) is 8.78 Å². The second-order valence-electron chi connectivity index (χ2n) is 4.19. The largest absolute Gasteiger partial charge is 0.435 e. The number of hydrogen-bond donors (Lipinski definition) is 1. The van der Waals surface area contributed by atoms with Crippen LogP contribution in [0.25, 0.3) is 0 Å². The molecule has 2 rings (SSSR count). The molecule has 0 amide bonds. The molecule has 0 aliphatic heterocycles. The molecule has 0 heterocycles. The lowest BCUT2D eigenvalue weighted by Crippen LogP contribution is -2.18. The molecule has 0 radical (unpaired) electrons. The van der Waals surface area contributed by atoms with Gasteiger partial charge in [-0.25, -0.2) is 4.39 Å². The molecule has 0 saturated carbocycles. The predicted octanol–water partition coefficient (Wildman–Crippen LogP) is 3.74. The minimum Gasteiger partial charge on any atom is -0.435 e. The Balaban J connectivity index is 2.26. The van der Waals surface area contributed by atoms with E-state index in [1.807, 2.05) is 0 Å². The molecule has 1 atom stereocenters. The van der Waals surface area contributed by atoms with Gasteiger partial charge >= 0.3 is 6.61 Å². The zero-order valence-corrected chi connectivity index (χ0v) is 10.8. The van der Waals surface area contributed by atoms with Gasteiger partial charge in [0.2, 0.25) is 0 Å². The van der Waals surface area contributed by atoms with Gasteiger partial charge in [-0.1, -0.05) is 30.3 Å². The van der Waals surface area contributed by atoms with Gasteiger partial charge in [-0.05, 0) is 30.8 Å². The van der Waals surface area contributed by atoms with Crippen LogP contribution in [0.3, 0.4) is 0 Å². The second kappa shape index (κ2) is 6.43. The van der Waals surface area contributed by atoms with Crippen LogP contribution in [0.2, 0.25) is 0 Å². The summed E-state index contributed by atoms with van der Waals surface area (Å²) in [6.45, 7) is -2.85. The molecule has 2 aromatic rings. The topological polar surface area (TPSA) is 21.3 Å². The molecular formula is C15H14F3NO. The number of rotatable bonds is 5. The number of benzene rings is 2. The highest BCUT2D eigenvalue weighted by Crippen LogP contribution is 2.26. The molecule has 106 valence electrons. The Morgan fingerprint density at radius 1 is 1.00 bits per heavy atom. The monoisotopic (exact) mass is 281 g/mol. The van der Waals surface area contributed by atoms with Gasteiger partial charge < -0.3 is 10.1 Å². The van der Waals surface area contributed by atoms with E-state index in [1.54, 1.807) is 37.4 Å². The fourth-order valence-electron chi connectivity index (χ4n) is 2.05. The molecular weight excluding hydrogens is 267 g/mol. The van der Waals surface area contributed by atoms with Crippen LogP contribution >= 0.6 is 0 Å². The summed E-state index contributed by atoms with van der Waals surface area (Å²) in [5.41, 5.74) is 1.26. The van der Waals surface area contributed by atoms with Crippen LogP contribution in [-0.2, 0) is 0 Å². The van der Waals surface area contributed by atoms with Gasteiger partial charge in [0.1, 0.15) is 11.6 Å². The van der Waals surface area contributed by atoms with Crippen molar-refractivity contribution in [1.82, 2.24) is 5.32 Å². The first-order valence-corrected chi connectivity index (χ1v) is 6.08. The molecule has 2 aromatic carbocycles. The molecule has 0 fully saturated rings. The lowest BCUT2D eigenvalue weighted by Gasteiger charge is -2.18. The van der Waals surface area contributed by atoms with E-state index >= 15 is 0 Å². The Kier molecular flexibility index (Phi) is 4.63. The summed E-state index contributed by atoms with van der Waals surface area (Å²) in [5, 5.41) is 3.01. The highest BCUT2D eigenvalue weighted by atomic mass is 19.3. The van der Waals surface area contributed by atoms with Crippen LogP contribution in [0, 0.1) is 5.82 Å². The fraction of sp³-hybridized carbons (Fsp3) is 0.200. The van der Waals surface area contributed by atoms with Crippen molar-refractivity contribution in [2.45, 2.75) is 12.7 Å². The number of alkyl halides is 2. The minimum absolute atomic E-state index is 0.0761. The second-order valence-corrected chi connectivity index (χ2v) is 4.19. The van der Waals surface area contributed by atoms with Crippen molar-refractivity contribution in [2.75, 3.05) is 7.05 Å². The van der Waals surface area contributed by atoms with Crippen LogP contribution < -0.4 is 10.1 Å². The molecule has 0 bridgehead atoms. The standard InChI is InChI=1S/C15H14F3NO/c1-19-14(12-4-2-3-5-13(12)16)10-6-8-11(9-7-10)20-15(17)18/h2-9,14-15,19H,1H3. The van der Waals surface area contributed by atoms with Gasteiger partial charge in [-0.3, -0.25) is 0 Å². The fourth-order valence-corrected chi connectivity index (χ4v) is 2.05. The van der Waals surface area contributed by atoms with Crippen LogP contribution in [0.15, 0.2) is 48.5 Å². The van der Waals surface area contributed by atoms with E-state index in [2.05, 4.69) is 10.1 Å². The molecule has 0 aliphatic carbocycles. The summed E-state index contributed by atoms with van der Waals surface area (Å²) in [6.07, 6.45) is 0. The van der Waals surface area contributed by atoms with E-state index in [1.165, 1.54) is 18.2 Å². The van der Waals surface area contributed by atoms with Crippen molar-refractivity contribution in [3.05, 3.63) is 65.5 Å². The zero-order chi connectivity index (χ0) is 14.5. The number of nitrogens with one attached hydrogen (secondary N) is 1. The summed E-state index contributed by atoms with van der Waals surface area (Å²) < 4.78 is 42.2. The van der Waals surface area contributed by atoms with E-state index in [9.17, 15) is 13.2 Å². The quantitative estimate of drug-likeness (QED) is 0.901. The van der Waals surface area contributed by atoms with E-state index in [0.717, 1.165) is 5.56 Å². The average Bonchev–Trinajstić information content (AvgIpc) is 2.43. The molecule has 5 heteroatoms. The molecule has 0 saturated heterocycles. The van der Waals surface area contributed by atoms with Crippen molar-refractivity contribution in [3.63, 3.8) is 0 Å². The highest BCUT2D eigenvalue weighted by Gasteiger charge is 2.15. The van der Waals surface area contributed by atoms with Crippen LogP contribution in [0.5, 0.6) is 5.75 Å². The third-order valence-corrected chi connectivity index (χ3v) is 2.94. The number of halogens is 3. The van der Waals surface area contributed by atoms with Gasteiger partial charge in [0, 0.05) is 5.56 Å². The van der Waals surface area contributed by atoms with Gasteiger partial charge in [0.25, 0.3) is 0 Å². The Morgan fingerprint density at radius 3 is 2.20 bits per heavy atom. The molecule has 20 heavy (non-hydrogen) atoms. The number of hydrogen-bond acceptors (Lipinski definition) is 2. The van der Waals surface area contributed by atoms with Crippen LogP contribution in [0.4, 0.5) is 13.2 Å². The summed E-state index contributed by atoms with van der Waals surface area (Å²) in [4.78, 5) is 0. The smallest absolute Gasteiger partial charge is 0.387 e. The van der Waals surface area contributed by atoms with Gasteiger partial charge in [0.05, 0.1) is 6.04 Å². The highest BCUT2D eigenvalue weighted by molar-refractivity contribution is 5.36. The maximum Gasteiger partial charge on any atom is 0.387 e. The lowest BCUT2D eigenvalue weighted by atomic mass is 9.98. The van der Waals surface area contributed by atoms with E-state index in [-0.39, 0.29) is 17.6 Å². The first kappa shape index (κ1) is 14.4. The third kappa shape index (κ3) is 3.30. The normalized spacial score (nSPS) is 12.4. The third-order valence-electron chi connectivity index (χ3n) is 2.94. The Hall–Kier alpha value is -2.01. The maximum atomic E-state index is 13.8. The lowest BCUT2D eigenvalue weighted by molar-refractivity contribution is -0.0498. The molecule has 1 N–H and O–H groups in total. The van der Waals surface area contributed by atoms with Gasteiger partial charge in [-0.15, -0.1) is 0 Å². The van der Waals surface area contributed by atoms with Crippen molar-refractivity contribution in [3.8, 4) is 5.75 Å². The van der Waals surface area contributed by atoms with Crippen molar-refractivity contribution >= 4 is 0 Å². The van der Waals surface area contributed by atoms with E-state index < -0.39 is 6.61 Å². The molecule has 0 aliphatic rings. The average molecular weight is 281 g/mol.